The Bertz CT molecular complexity index is 151. The van der Waals surface area contributed by atoms with Crippen molar-refractivity contribution in [1.82, 2.24) is 0 Å². The fourth-order valence-corrected chi connectivity index (χ4v) is 2.09. The molecular formula is C9H18N2S. The molecule has 1 saturated carbocycles. The van der Waals surface area contributed by atoms with Crippen LogP contribution in [0.5, 0.6) is 0 Å². The molecule has 12 heavy (non-hydrogen) atoms. The summed E-state index contributed by atoms with van der Waals surface area (Å²) in [5.74, 6) is 1.03. The Kier molecular flexibility index (Phi) is 4.51. The molecule has 2 N–H and O–H groups in total. The highest BCUT2D eigenvalue weighted by Gasteiger charge is 2.11. The monoisotopic (exact) mass is 186 g/mol. The third kappa shape index (κ3) is 3.48. The van der Waals surface area contributed by atoms with Crippen molar-refractivity contribution in [2.45, 2.75) is 45.1 Å². The molecule has 0 amide bonds. The van der Waals surface area contributed by atoms with Gasteiger partial charge in [-0.05, 0) is 18.6 Å². The summed E-state index contributed by atoms with van der Waals surface area (Å²) in [4.78, 5) is 4.48. The fourth-order valence-electron chi connectivity index (χ4n) is 1.58. The molecule has 0 atom stereocenters. The number of aliphatic imine (C=N–C) groups is 1. The molecule has 0 heterocycles. The predicted octanol–water partition coefficient (Wildman–Crippen LogP) is 2.39. The number of hydrogen-bond donors (Lipinski definition) is 1. The Labute approximate surface area is 79.0 Å². The molecule has 1 fully saturated rings. The van der Waals surface area contributed by atoms with Crippen LogP contribution >= 0.6 is 11.8 Å². The van der Waals surface area contributed by atoms with Crippen molar-refractivity contribution in [2.75, 3.05) is 5.75 Å². The van der Waals surface area contributed by atoms with E-state index in [0.717, 1.165) is 10.9 Å². The molecule has 1 aliphatic carbocycles. The van der Waals surface area contributed by atoms with E-state index in [9.17, 15) is 0 Å². The quantitative estimate of drug-likeness (QED) is 0.531. The molecular weight excluding hydrogens is 168 g/mol. The summed E-state index contributed by atoms with van der Waals surface area (Å²) in [5.41, 5.74) is 5.73. The minimum Gasteiger partial charge on any atom is -0.379 e. The lowest BCUT2D eigenvalue weighted by atomic mass is 9.96. The van der Waals surface area contributed by atoms with Crippen LogP contribution in [0, 0.1) is 0 Å². The van der Waals surface area contributed by atoms with Crippen LogP contribution in [0.3, 0.4) is 0 Å². The van der Waals surface area contributed by atoms with Gasteiger partial charge in [0.15, 0.2) is 5.17 Å². The summed E-state index contributed by atoms with van der Waals surface area (Å²) in [6, 6.07) is 0.526. The van der Waals surface area contributed by atoms with Crippen molar-refractivity contribution >= 4 is 16.9 Å². The standard InChI is InChI=1S/C9H18N2S/c1-2-12-9(10)11-8-6-4-3-5-7-8/h8H,2-7H2,1H3,(H2,10,11). The maximum Gasteiger partial charge on any atom is 0.154 e. The summed E-state index contributed by atoms with van der Waals surface area (Å²) in [5, 5.41) is 0.782. The minimum atomic E-state index is 0.526. The van der Waals surface area contributed by atoms with E-state index < -0.39 is 0 Å². The number of amidine groups is 1. The Morgan fingerprint density at radius 2 is 2.08 bits per heavy atom. The van der Waals surface area contributed by atoms with Crippen LogP contribution in [0.1, 0.15) is 39.0 Å². The van der Waals surface area contributed by atoms with E-state index in [1.54, 1.807) is 11.8 Å². The van der Waals surface area contributed by atoms with Crippen LogP contribution in [0.15, 0.2) is 4.99 Å². The SMILES string of the molecule is CCSC(N)=NC1CCCCC1. The zero-order chi connectivity index (χ0) is 8.81. The van der Waals surface area contributed by atoms with E-state index in [4.69, 9.17) is 5.73 Å². The molecule has 70 valence electrons. The summed E-state index contributed by atoms with van der Waals surface area (Å²) in [6.07, 6.45) is 6.53. The average molecular weight is 186 g/mol. The third-order valence-corrected chi connectivity index (χ3v) is 2.87. The van der Waals surface area contributed by atoms with Crippen LogP contribution in [0.4, 0.5) is 0 Å². The lowest BCUT2D eigenvalue weighted by Gasteiger charge is -2.17. The van der Waals surface area contributed by atoms with Crippen LogP contribution in [0.2, 0.25) is 0 Å². The topological polar surface area (TPSA) is 38.4 Å². The molecule has 2 nitrogen and oxygen atoms in total. The summed E-state index contributed by atoms with van der Waals surface area (Å²) in [6.45, 7) is 2.11. The van der Waals surface area contributed by atoms with E-state index in [2.05, 4.69) is 11.9 Å². The lowest BCUT2D eigenvalue weighted by molar-refractivity contribution is 0.444. The molecule has 0 saturated heterocycles. The van der Waals surface area contributed by atoms with E-state index in [1.165, 1.54) is 32.1 Å². The molecule has 0 unspecified atom stereocenters. The molecule has 0 aromatic carbocycles. The van der Waals surface area contributed by atoms with Crippen molar-refractivity contribution in [1.29, 1.82) is 0 Å². The zero-order valence-electron chi connectivity index (χ0n) is 7.75. The summed E-state index contributed by atoms with van der Waals surface area (Å²) >= 11 is 1.65. The zero-order valence-corrected chi connectivity index (χ0v) is 8.57. The van der Waals surface area contributed by atoms with Gasteiger partial charge in [-0.3, -0.25) is 4.99 Å². The fraction of sp³-hybridized carbons (Fsp3) is 0.889. The number of thioether (sulfide) groups is 1. The normalized spacial score (nSPS) is 21.2. The second-order valence-electron chi connectivity index (χ2n) is 3.19. The van der Waals surface area contributed by atoms with Crippen molar-refractivity contribution in [3.8, 4) is 0 Å². The van der Waals surface area contributed by atoms with Gasteiger partial charge in [0, 0.05) is 0 Å². The number of nitrogens with two attached hydrogens (primary N) is 1. The first kappa shape index (κ1) is 9.90. The Hall–Kier alpha value is -0.180. The molecule has 1 aliphatic rings. The Balaban J connectivity index is 2.31. The molecule has 0 aliphatic heterocycles. The first-order valence-electron chi connectivity index (χ1n) is 4.79. The van der Waals surface area contributed by atoms with Crippen molar-refractivity contribution in [3.05, 3.63) is 0 Å². The highest BCUT2D eigenvalue weighted by Crippen LogP contribution is 2.20. The lowest BCUT2D eigenvalue weighted by Crippen LogP contribution is -2.16. The Morgan fingerprint density at radius 1 is 1.42 bits per heavy atom. The third-order valence-electron chi connectivity index (χ3n) is 2.18. The van der Waals surface area contributed by atoms with Crippen LogP contribution in [-0.2, 0) is 0 Å². The van der Waals surface area contributed by atoms with E-state index >= 15 is 0 Å². The Morgan fingerprint density at radius 3 is 2.67 bits per heavy atom. The van der Waals surface area contributed by atoms with Gasteiger partial charge in [-0.15, -0.1) is 0 Å². The summed E-state index contributed by atoms with van der Waals surface area (Å²) < 4.78 is 0. The van der Waals surface area contributed by atoms with Crippen LogP contribution < -0.4 is 5.73 Å². The molecule has 0 spiro atoms. The maximum atomic E-state index is 5.73. The van der Waals surface area contributed by atoms with Crippen molar-refractivity contribution in [2.24, 2.45) is 10.7 Å². The van der Waals surface area contributed by atoms with Gasteiger partial charge >= 0.3 is 0 Å². The number of nitrogens with zero attached hydrogens (tertiary/aromatic N) is 1. The first-order valence-corrected chi connectivity index (χ1v) is 5.77. The number of rotatable bonds is 2. The predicted molar refractivity (Wildman–Crippen MR) is 56.6 cm³/mol. The minimum absolute atomic E-state index is 0.526. The van der Waals surface area contributed by atoms with Crippen molar-refractivity contribution < 1.29 is 0 Å². The molecule has 0 bridgehead atoms. The summed E-state index contributed by atoms with van der Waals surface area (Å²) in [7, 11) is 0. The second kappa shape index (κ2) is 5.46. The van der Waals surface area contributed by atoms with Gasteiger partial charge in [0.05, 0.1) is 6.04 Å². The van der Waals surface area contributed by atoms with E-state index in [0.29, 0.717) is 6.04 Å². The average Bonchev–Trinajstić information content (AvgIpc) is 2.06. The van der Waals surface area contributed by atoms with Gasteiger partial charge in [0.2, 0.25) is 0 Å². The van der Waals surface area contributed by atoms with Gasteiger partial charge in [-0.25, -0.2) is 0 Å². The molecule has 3 heteroatoms. The van der Waals surface area contributed by atoms with E-state index in [-0.39, 0.29) is 0 Å². The van der Waals surface area contributed by atoms with Gasteiger partial charge in [-0.1, -0.05) is 37.9 Å². The van der Waals surface area contributed by atoms with Gasteiger partial charge < -0.3 is 5.73 Å². The van der Waals surface area contributed by atoms with Crippen molar-refractivity contribution in [3.63, 3.8) is 0 Å². The highest BCUT2D eigenvalue weighted by atomic mass is 32.2. The molecule has 0 radical (unpaired) electrons. The van der Waals surface area contributed by atoms with Gasteiger partial charge in [0.25, 0.3) is 0 Å². The highest BCUT2D eigenvalue weighted by molar-refractivity contribution is 8.13. The molecule has 0 aromatic rings. The largest absolute Gasteiger partial charge is 0.379 e. The first-order chi connectivity index (χ1) is 5.83. The second-order valence-corrected chi connectivity index (χ2v) is 4.48. The molecule has 1 rings (SSSR count). The van der Waals surface area contributed by atoms with E-state index in [1.807, 2.05) is 0 Å². The number of hydrogen-bond acceptors (Lipinski definition) is 2. The van der Waals surface area contributed by atoms with Gasteiger partial charge in [0.1, 0.15) is 0 Å². The van der Waals surface area contributed by atoms with Crippen LogP contribution in [-0.4, -0.2) is 17.0 Å². The maximum absolute atomic E-state index is 5.73. The smallest absolute Gasteiger partial charge is 0.154 e. The van der Waals surface area contributed by atoms with Crippen LogP contribution in [0.25, 0.3) is 0 Å². The van der Waals surface area contributed by atoms with Gasteiger partial charge in [-0.2, -0.15) is 0 Å². The molecule has 0 aromatic heterocycles.